The summed E-state index contributed by atoms with van der Waals surface area (Å²) in [5, 5.41) is 3.88. The van der Waals surface area contributed by atoms with E-state index in [4.69, 9.17) is 11.6 Å². The highest BCUT2D eigenvalue weighted by molar-refractivity contribution is 6.30. The van der Waals surface area contributed by atoms with Gasteiger partial charge in [-0.15, -0.1) is 0 Å². The van der Waals surface area contributed by atoms with Crippen LogP contribution >= 0.6 is 11.6 Å². The van der Waals surface area contributed by atoms with Crippen molar-refractivity contribution in [2.24, 2.45) is 5.92 Å². The lowest BCUT2D eigenvalue weighted by Gasteiger charge is -2.16. The van der Waals surface area contributed by atoms with Gasteiger partial charge in [0.05, 0.1) is 5.41 Å². The second kappa shape index (κ2) is 6.39. The summed E-state index contributed by atoms with van der Waals surface area (Å²) in [5.74, 6) is 1.12. The fourth-order valence-electron chi connectivity index (χ4n) is 3.60. The van der Waals surface area contributed by atoms with E-state index < -0.39 is 0 Å². The van der Waals surface area contributed by atoms with E-state index in [0.29, 0.717) is 0 Å². The minimum atomic E-state index is -0.266. The van der Waals surface area contributed by atoms with E-state index in [-0.39, 0.29) is 11.3 Å². The first kappa shape index (κ1) is 14.9. The van der Waals surface area contributed by atoms with Crippen LogP contribution in [0.3, 0.4) is 0 Å². The van der Waals surface area contributed by atoms with Gasteiger partial charge < -0.3 is 5.32 Å². The number of benzene rings is 1. The first-order chi connectivity index (χ1) is 10.2. The number of nitrogens with one attached hydrogen (secondary N) is 1. The first-order valence-electron chi connectivity index (χ1n) is 8.25. The molecular formula is C18H24ClNO. The highest BCUT2D eigenvalue weighted by Crippen LogP contribution is 2.48. The molecule has 2 saturated carbocycles. The molecule has 1 aromatic rings. The van der Waals surface area contributed by atoms with Crippen molar-refractivity contribution in [1.82, 2.24) is 5.32 Å². The molecule has 0 aliphatic heterocycles. The fourth-order valence-corrected chi connectivity index (χ4v) is 3.73. The van der Waals surface area contributed by atoms with Gasteiger partial charge in [0.2, 0.25) is 5.91 Å². The van der Waals surface area contributed by atoms with E-state index in [0.717, 1.165) is 42.3 Å². The Kier molecular flexibility index (Phi) is 4.54. The maximum absolute atomic E-state index is 12.5. The molecule has 2 nitrogen and oxygen atoms in total. The highest BCUT2D eigenvalue weighted by Gasteiger charge is 2.50. The summed E-state index contributed by atoms with van der Waals surface area (Å²) in [6.45, 7) is 0.824. The third-order valence-electron chi connectivity index (χ3n) is 5.13. The Morgan fingerprint density at radius 3 is 2.48 bits per heavy atom. The van der Waals surface area contributed by atoms with Crippen molar-refractivity contribution in [3.8, 4) is 0 Å². The van der Waals surface area contributed by atoms with Crippen molar-refractivity contribution in [1.29, 1.82) is 0 Å². The fraction of sp³-hybridized carbons (Fsp3) is 0.611. The van der Waals surface area contributed by atoms with Crippen LogP contribution in [-0.2, 0) is 10.2 Å². The third-order valence-corrected chi connectivity index (χ3v) is 5.38. The molecule has 114 valence electrons. The Morgan fingerprint density at radius 2 is 1.86 bits per heavy atom. The lowest BCUT2D eigenvalue weighted by Crippen LogP contribution is -2.35. The Hall–Kier alpha value is -1.02. The summed E-state index contributed by atoms with van der Waals surface area (Å²) < 4.78 is 0. The molecule has 0 unspecified atom stereocenters. The van der Waals surface area contributed by atoms with Gasteiger partial charge in [-0.1, -0.05) is 49.4 Å². The quantitative estimate of drug-likeness (QED) is 0.773. The topological polar surface area (TPSA) is 29.1 Å². The van der Waals surface area contributed by atoms with Crippen molar-refractivity contribution >= 4 is 17.5 Å². The van der Waals surface area contributed by atoms with E-state index in [9.17, 15) is 4.79 Å². The van der Waals surface area contributed by atoms with Crippen molar-refractivity contribution in [2.45, 2.75) is 56.8 Å². The Balaban J connectivity index is 1.47. The summed E-state index contributed by atoms with van der Waals surface area (Å²) in [7, 11) is 0. The van der Waals surface area contributed by atoms with Crippen molar-refractivity contribution < 1.29 is 4.79 Å². The van der Waals surface area contributed by atoms with E-state index in [2.05, 4.69) is 5.32 Å². The van der Waals surface area contributed by atoms with Crippen LogP contribution in [0.15, 0.2) is 24.3 Å². The predicted octanol–water partition coefficient (Wildman–Crippen LogP) is 4.46. The highest BCUT2D eigenvalue weighted by atomic mass is 35.5. The number of halogens is 1. The summed E-state index contributed by atoms with van der Waals surface area (Å²) in [4.78, 5) is 12.5. The summed E-state index contributed by atoms with van der Waals surface area (Å²) >= 11 is 5.93. The second-order valence-electron chi connectivity index (χ2n) is 6.64. The molecule has 1 N–H and O–H groups in total. The molecule has 1 amide bonds. The van der Waals surface area contributed by atoms with Gasteiger partial charge >= 0.3 is 0 Å². The average molecular weight is 306 g/mol. The lowest BCUT2D eigenvalue weighted by molar-refractivity contribution is -0.123. The minimum Gasteiger partial charge on any atom is -0.355 e. The van der Waals surface area contributed by atoms with Gasteiger partial charge in [-0.2, -0.15) is 0 Å². The van der Waals surface area contributed by atoms with E-state index in [1.54, 1.807) is 0 Å². The molecule has 2 aliphatic rings. The SMILES string of the molecule is O=C(NCCCC1CCCC1)C1(c2ccc(Cl)cc2)CC1. The molecule has 0 aromatic heterocycles. The summed E-state index contributed by atoms with van der Waals surface area (Å²) in [5.41, 5.74) is 0.845. The molecule has 0 heterocycles. The molecular weight excluding hydrogens is 282 g/mol. The standard InChI is InChI=1S/C18H24ClNO/c19-16-9-7-15(8-10-16)18(11-12-18)17(21)20-13-3-6-14-4-1-2-5-14/h7-10,14H,1-6,11-13H2,(H,20,21). The lowest BCUT2D eigenvalue weighted by atomic mass is 9.95. The van der Waals surface area contributed by atoms with Gasteiger partial charge in [-0.3, -0.25) is 4.79 Å². The molecule has 0 atom stereocenters. The number of rotatable bonds is 6. The van der Waals surface area contributed by atoms with Crippen LogP contribution < -0.4 is 5.32 Å². The van der Waals surface area contributed by atoms with Crippen LogP contribution in [0.4, 0.5) is 0 Å². The van der Waals surface area contributed by atoms with Gasteiger partial charge in [-0.25, -0.2) is 0 Å². The zero-order valence-electron chi connectivity index (χ0n) is 12.5. The number of amides is 1. The maximum Gasteiger partial charge on any atom is 0.230 e. The van der Waals surface area contributed by atoms with Crippen molar-refractivity contribution in [3.05, 3.63) is 34.9 Å². The molecule has 21 heavy (non-hydrogen) atoms. The molecule has 0 spiro atoms. The average Bonchev–Trinajstić information content (AvgIpc) is 3.14. The van der Waals surface area contributed by atoms with Crippen molar-refractivity contribution in [2.75, 3.05) is 6.54 Å². The monoisotopic (exact) mass is 305 g/mol. The van der Waals surface area contributed by atoms with Crippen LogP contribution in [0.2, 0.25) is 5.02 Å². The van der Waals surface area contributed by atoms with Crippen molar-refractivity contribution in [3.63, 3.8) is 0 Å². The number of hydrogen-bond acceptors (Lipinski definition) is 1. The predicted molar refractivity (Wildman–Crippen MR) is 86.6 cm³/mol. The van der Waals surface area contributed by atoms with Gasteiger partial charge in [-0.05, 0) is 49.3 Å². The smallest absolute Gasteiger partial charge is 0.230 e. The van der Waals surface area contributed by atoms with Gasteiger partial charge in [0.1, 0.15) is 0 Å². The van der Waals surface area contributed by atoms with E-state index >= 15 is 0 Å². The zero-order valence-corrected chi connectivity index (χ0v) is 13.3. The van der Waals surface area contributed by atoms with Crippen LogP contribution in [-0.4, -0.2) is 12.5 Å². The van der Waals surface area contributed by atoms with Crippen LogP contribution in [0, 0.1) is 5.92 Å². The van der Waals surface area contributed by atoms with E-state index in [1.807, 2.05) is 24.3 Å². The Morgan fingerprint density at radius 1 is 1.19 bits per heavy atom. The molecule has 3 heteroatoms. The number of hydrogen-bond donors (Lipinski definition) is 1. The number of carbonyl (C=O) groups is 1. The van der Waals surface area contributed by atoms with Crippen LogP contribution in [0.5, 0.6) is 0 Å². The zero-order chi connectivity index (χ0) is 14.7. The number of carbonyl (C=O) groups excluding carboxylic acids is 1. The molecule has 1 aromatic carbocycles. The Labute approximate surface area is 132 Å². The summed E-state index contributed by atoms with van der Waals surface area (Å²) in [6, 6.07) is 7.75. The molecule has 0 saturated heterocycles. The van der Waals surface area contributed by atoms with Gasteiger partial charge in [0.25, 0.3) is 0 Å². The molecule has 3 rings (SSSR count). The largest absolute Gasteiger partial charge is 0.355 e. The first-order valence-corrected chi connectivity index (χ1v) is 8.63. The molecule has 0 radical (unpaired) electrons. The molecule has 2 fully saturated rings. The third kappa shape index (κ3) is 3.42. The second-order valence-corrected chi connectivity index (χ2v) is 7.07. The maximum atomic E-state index is 12.5. The van der Waals surface area contributed by atoms with E-state index in [1.165, 1.54) is 32.1 Å². The summed E-state index contributed by atoms with van der Waals surface area (Å²) in [6.07, 6.45) is 9.90. The normalized spacial score (nSPS) is 20.4. The van der Waals surface area contributed by atoms with Gasteiger partial charge in [0.15, 0.2) is 0 Å². The molecule has 0 bridgehead atoms. The minimum absolute atomic E-state index is 0.205. The Bertz CT molecular complexity index is 486. The van der Waals surface area contributed by atoms with Gasteiger partial charge in [0, 0.05) is 11.6 Å². The molecule has 2 aliphatic carbocycles. The van der Waals surface area contributed by atoms with Crippen LogP contribution in [0.1, 0.15) is 56.9 Å². The van der Waals surface area contributed by atoms with Crippen LogP contribution in [0.25, 0.3) is 0 Å².